The summed E-state index contributed by atoms with van der Waals surface area (Å²) in [4.78, 5) is 10.6. The molecule has 4 heteroatoms. The molecule has 0 saturated carbocycles. The second-order valence-electron chi connectivity index (χ2n) is 4.95. The van der Waals surface area contributed by atoms with E-state index in [4.69, 9.17) is 4.98 Å². The number of aromatic nitrogens is 2. The van der Waals surface area contributed by atoms with Gasteiger partial charge in [-0.25, -0.2) is 4.98 Å². The molecular weight excluding hydrogens is 254 g/mol. The van der Waals surface area contributed by atoms with Crippen molar-refractivity contribution in [2.45, 2.75) is 38.6 Å². The average Bonchev–Trinajstić information content (AvgIpc) is 3.02. The summed E-state index contributed by atoms with van der Waals surface area (Å²) >= 11 is 1.87. The molecule has 1 unspecified atom stereocenters. The first-order valence-electron chi connectivity index (χ1n) is 7.00. The van der Waals surface area contributed by atoms with Gasteiger partial charge in [0.15, 0.2) is 0 Å². The topological polar surface area (TPSA) is 37.8 Å². The maximum atomic E-state index is 4.85. The number of rotatable bonds is 5. The van der Waals surface area contributed by atoms with E-state index in [9.17, 15) is 0 Å². The van der Waals surface area contributed by atoms with Gasteiger partial charge in [0.05, 0.1) is 11.7 Å². The molecule has 0 fully saturated rings. The van der Waals surface area contributed by atoms with Crippen molar-refractivity contribution < 1.29 is 0 Å². The van der Waals surface area contributed by atoms with Crippen LogP contribution in [-0.2, 0) is 12.8 Å². The number of nitrogens with zero attached hydrogens (tertiary/aromatic N) is 2. The highest BCUT2D eigenvalue weighted by atomic mass is 32.1. The molecule has 19 heavy (non-hydrogen) atoms. The zero-order valence-electron chi connectivity index (χ0n) is 11.2. The lowest BCUT2D eigenvalue weighted by molar-refractivity contribution is 0.593. The van der Waals surface area contributed by atoms with Gasteiger partial charge in [-0.2, -0.15) is 0 Å². The van der Waals surface area contributed by atoms with Gasteiger partial charge in [0.2, 0.25) is 0 Å². The second-order valence-corrected chi connectivity index (χ2v) is 6.06. The van der Waals surface area contributed by atoms with Crippen molar-refractivity contribution >= 4 is 11.3 Å². The van der Waals surface area contributed by atoms with Gasteiger partial charge < -0.3 is 5.32 Å². The van der Waals surface area contributed by atoms with E-state index in [1.165, 1.54) is 34.0 Å². The van der Waals surface area contributed by atoms with Crippen LogP contribution < -0.4 is 5.32 Å². The SMILES string of the molecule is CCCNC(c1cccnc1)c1nc2c(s1)CCC2. The monoisotopic (exact) mass is 273 g/mol. The Balaban J connectivity index is 1.89. The molecule has 100 valence electrons. The van der Waals surface area contributed by atoms with Crippen LogP contribution in [0.5, 0.6) is 0 Å². The molecule has 0 radical (unpaired) electrons. The third-order valence-corrected chi connectivity index (χ3v) is 4.70. The third-order valence-electron chi connectivity index (χ3n) is 3.48. The molecule has 2 heterocycles. The zero-order chi connectivity index (χ0) is 13.1. The van der Waals surface area contributed by atoms with Crippen LogP contribution in [0.1, 0.15) is 46.9 Å². The van der Waals surface area contributed by atoms with Crippen molar-refractivity contribution in [1.29, 1.82) is 0 Å². The van der Waals surface area contributed by atoms with E-state index in [1.54, 1.807) is 0 Å². The van der Waals surface area contributed by atoms with E-state index in [0.29, 0.717) is 0 Å². The van der Waals surface area contributed by atoms with Crippen LogP contribution >= 0.6 is 11.3 Å². The molecule has 0 spiro atoms. The Morgan fingerprint density at radius 3 is 3.11 bits per heavy atom. The van der Waals surface area contributed by atoms with Crippen LogP contribution in [0.2, 0.25) is 0 Å². The number of hydrogen-bond acceptors (Lipinski definition) is 4. The summed E-state index contributed by atoms with van der Waals surface area (Å²) in [5.74, 6) is 0. The molecule has 0 amide bonds. The molecule has 3 rings (SSSR count). The molecule has 1 N–H and O–H groups in total. The molecule has 3 nitrogen and oxygen atoms in total. The minimum atomic E-state index is 0.198. The summed E-state index contributed by atoms with van der Waals surface area (Å²) in [5.41, 5.74) is 2.54. The van der Waals surface area contributed by atoms with Crippen molar-refractivity contribution in [3.8, 4) is 0 Å². The number of pyridine rings is 1. The largest absolute Gasteiger partial charge is 0.304 e. The molecule has 0 bridgehead atoms. The minimum absolute atomic E-state index is 0.198. The number of aryl methyl sites for hydroxylation is 2. The van der Waals surface area contributed by atoms with Gasteiger partial charge in [0, 0.05) is 17.3 Å². The van der Waals surface area contributed by atoms with Crippen LogP contribution in [-0.4, -0.2) is 16.5 Å². The Morgan fingerprint density at radius 2 is 2.37 bits per heavy atom. The van der Waals surface area contributed by atoms with Crippen LogP contribution in [0, 0.1) is 0 Å². The van der Waals surface area contributed by atoms with Crippen LogP contribution in [0.3, 0.4) is 0 Å². The van der Waals surface area contributed by atoms with E-state index in [2.05, 4.69) is 23.3 Å². The van der Waals surface area contributed by atoms with Crippen molar-refractivity contribution in [1.82, 2.24) is 15.3 Å². The lowest BCUT2D eigenvalue weighted by atomic mass is 10.1. The van der Waals surface area contributed by atoms with Gasteiger partial charge in [-0.1, -0.05) is 13.0 Å². The van der Waals surface area contributed by atoms with Gasteiger partial charge in [-0.05, 0) is 43.9 Å². The summed E-state index contributed by atoms with van der Waals surface area (Å²) < 4.78 is 0. The smallest absolute Gasteiger partial charge is 0.115 e. The number of hydrogen-bond donors (Lipinski definition) is 1. The molecule has 0 aliphatic heterocycles. The predicted molar refractivity (Wildman–Crippen MR) is 78.5 cm³/mol. The Hall–Kier alpha value is -1.26. The van der Waals surface area contributed by atoms with Gasteiger partial charge in [-0.15, -0.1) is 11.3 Å². The Morgan fingerprint density at radius 1 is 1.42 bits per heavy atom. The lowest BCUT2D eigenvalue weighted by Gasteiger charge is -2.16. The Bertz CT molecular complexity index is 514. The van der Waals surface area contributed by atoms with Crippen molar-refractivity contribution in [2.24, 2.45) is 0 Å². The first kappa shape index (κ1) is 12.8. The molecule has 1 atom stereocenters. The number of thiazole rings is 1. The quantitative estimate of drug-likeness (QED) is 0.909. The maximum Gasteiger partial charge on any atom is 0.115 e. The summed E-state index contributed by atoms with van der Waals surface area (Å²) in [6, 6.07) is 4.33. The van der Waals surface area contributed by atoms with Gasteiger partial charge >= 0.3 is 0 Å². The fourth-order valence-corrected chi connectivity index (χ4v) is 3.77. The molecule has 1 aliphatic rings. The molecular formula is C15H19N3S. The standard InChI is InChI=1S/C15H19N3S/c1-2-8-17-14(11-5-4-9-16-10-11)15-18-12-6-3-7-13(12)19-15/h4-5,9-10,14,17H,2-3,6-8H2,1H3. The average molecular weight is 273 g/mol. The third kappa shape index (κ3) is 2.69. The predicted octanol–water partition coefficient (Wildman–Crippen LogP) is 3.12. The summed E-state index contributed by atoms with van der Waals surface area (Å²) in [6.07, 6.45) is 8.53. The highest BCUT2D eigenvalue weighted by molar-refractivity contribution is 7.11. The minimum Gasteiger partial charge on any atom is -0.304 e. The van der Waals surface area contributed by atoms with Crippen molar-refractivity contribution in [3.63, 3.8) is 0 Å². The maximum absolute atomic E-state index is 4.85. The number of nitrogens with one attached hydrogen (secondary N) is 1. The van der Waals surface area contributed by atoms with E-state index >= 15 is 0 Å². The first-order valence-corrected chi connectivity index (χ1v) is 7.82. The zero-order valence-corrected chi connectivity index (χ0v) is 12.0. The molecule has 0 aromatic carbocycles. The van der Waals surface area contributed by atoms with Gasteiger partial charge in [0.1, 0.15) is 5.01 Å². The normalized spacial score (nSPS) is 15.4. The summed E-state index contributed by atoms with van der Waals surface area (Å²) in [5, 5.41) is 4.80. The van der Waals surface area contributed by atoms with E-state index < -0.39 is 0 Å². The molecule has 2 aromatic rings. The second kappa shape index (κ2) is 5.80. The first-order chi connectivity index (χ1) is 9.38. The molecule has 1 aliphatic carbocycles. The van der Waals surface area contributed by atoms with Crippen LogP contribution in [0.25, 0.3) is 0 Å². The van der Waals surface area contributed by atoms with E-state index in [0.717, 1.165) is 19.4 Å². The van der Waals surface area contributed by atoms with Crippen LogP contribution in [0.15, 0.2) is 24.5 Å². The Kier molecular flexibility index (Phi) is 3.89. The number of fused-ring (bicyclic) bond motifs is 1. The molecule has 2 aromatic heterocycles. The molecule has 0 saturated heterocycles. The van der Waals surface area contributed by atoms with Gasteiger partial charge in [-0.3, -0.25) is 4.98 Å². The Labute approximate surface area is 118 Å². The van der Waals surface area contributed by atoms with Crippen LogP contribution in [0.4, 0.5) is 0 Å². The lowest BCUT2D eigenvalue weighted by Crippen LogP contribution is -2.23. The summed E-state index contributed by atoms with van der Waals surface area (Å²) in [6.45, 7) is 3.19. The summed E-state index contributed by atoms with van der Waals surface area (Å²) in [7, 11) is 0. The fraction of sp³-hybridized carbons (Fsp3) is 0.467. The van der Waals surface area contributed by atoms with E-state index in [1.807, 2.05) is 29.8 Å². The van der Waals surface area contributed by atoms with Crippen molar-refractivity contribution in [3.05, 3.63) is 45.7 Å². The highest BCUT2D eigenvalue weighted by Gasteiger charge is 2.22. The van der Waals surface area contributed by atoms with Gasteiger partial charge in [0.25, 0.3) is 0 Å². The highest BCUT2D eigenvalue weighted by Crippen LogP contribution is 2.32. The fourth-order valence-electron chi connectivity index (χ4n) is 2.52. The van der Waals surface area contributed by atoms with Crippen molar-refractivity contribution in [2.75, 3.05) is 6.54 Å². The van der Waals surface area contributed by atoms with E-state index in [-0.39, 0.29) is 6.04 Å².